The van der Waals surface area contributed by atoms with Crippen LogP contribution < -0.4 is 10.7 Å². The van der Waals surface area contributed by atoms with Crippen LogP contribution in [0.2, 0.25) is 0 Å². The zero-order valence-corrected chi connectivity index (χ0v) is 13.6. The predicted molar refractivity (Wildman–Crippen MR) is 96.5 cm³/mol. The highest BCUT2D eigenvalue weighted by molar-refractivity contribution is 5.95. The molecule has 1 unspecified atom stereocenters. The van der Waals surface area contributed by atoms with Crippen LogP contribution in [0.4, 0.5) is 0 Å². The van der Waals surface area contributed by atoms with E-state index in [-0.39, 0.29) is 11.0 Å². The highest BCUT2D eigenvalue weighted by atomic mass is 16.4. The molecule has 0 radical (unpaired) electrons. The minimum Gasteiger partial charge on any atom is -0.479 e. The molecule has 130 valence electrons. The molecule has 0 aliphatic rings. The van der Waals surface area contributed by atoms with Crippen molar-refractivity contribution in [2.24, 2.45) is 0 Å². The lowest BCUT2D eigenvalue weighted by atomic mass is 10.1. The molecule has 1 atom stereocenters. The van der Waals surface area contributed by atoms with Gasteiger partial charge in [-0.1, -0.05) is 42.5 Å². The monoisotopic (exact) mass is 349 g/mol. The predicted octanol–water partition coefficient (Wildman–Crippen LogP) is 2.75. The number of carboxylic acid groups (broad SMARTS) is 1. The molecule has 1 heterocycles. The fourth-order valence-corrected chi connectivity index (χ4v) is 2.50. The van der Waals surface area contributed by atoms with Crippen molar-refractivity contribution in [1.82, 2.24) is 5.32 Å². The van der Waals surface area contributed by atoms with Gasteiger partial charge in [-0.2, -0.15) is 0 Å². The third kappa shape index (κ3) is 3.70. The molecule has 26 heavy (non-hydrogen) atoms. The summed E-state index contributed by atoms with van der Waals surface area (Å²) in [5.74, 6) is -1.81. The van der Waals surface area contributed by atoms with Crippen LogP contribution in [0.1, 0.15) is 17.2 Å². The Hall–Kier alpha value is -3.67. The van der Waals surface area contributed by atoms with Crippen LogP contribution in [0.3, 0.4) is 0 Å². The Morgan fingerprint density at radius 2 is 1.73 bits per heavy atom. The van der Waals surface area contributed by atoms with Crippen LogP contribution in [0.15, 0.2) is 76.1 Å². The minimum absolute atomic E-state index is 0.199. The summed E-state index contributed by atoms with van der Waals surface area (Å²) in [5.41, 5.74) is 0.834. The number of benzene rings is 2. The molecule has 0 aliphatic heterocycles. The van der Waals surface area contributed by atoms with Crippen LogP contribution in [0, 0.1) is 0 Å². The molecule has 2 N–H and O–H groups in total. The maximum atomic E-state index is 12.4. The molecule has 2 aromatic carbocycles. The Morgan fingerprint density at radius 3 is 2.46 bits per heavy atom. The largest absolute Gasteiger partial charge is 0.479 e. The average molecular weight is 349 g/mol. The first-order valence-electron chi connectivity index (χ1n) is 7.83. The molecular weight excluding hydrogens is 334 g/mol. The highest BCUT2D eigenvalue weighted by Crippen LogP contribution is 2.13. The smallest absolute Gasteiger partial charge is 0.330 e. The molecular formula is C20H15NO5. The van der Waals surface area contributed by atoms with Crippen molar-refractivity contribution in [1.29, 1.82) is 0 Å². The SMILES string of the molecule is O=C(/C=C/c1coc2ccccc2c1=O)NC(C(=O)O)c1ccccc1. The Kier molecular flexibility index (Phi) is 4.94. The summed E-state index contributed by atoms with van der Waals surface area (Å²) in [5, 5.41) is 12.1. The molecule has 6 nitrogen and oxygen atoms in total. The van der Waals surface area contributed by atoms with Crippen LogP contribution in [0.5, 0.6) is 0 Å². The second-order valence-electron chi connectivity index (χ2n) is 5.54. The Bertz CT molecular complexity index is 1040. The van der Waals surface area contributed by atoms with Gasteiger partial charge in [0.25, 0.3) is 0 Å². The number of carbonyl (C=O) groups is 2. The summed E-state index contributed by atoms with van der Waals surface area (Å²) in [4.78, 5) is 35.8. The number of hydrogen-bond donors (Lipinski definition) is 2. The van der Waals surface area contributed by atoms with Crippen molar-refractivity contribution in [2.75, 3.05) is 0 Å². The number of hydrogen-bond acceptors (Lipinski definition) is 4. The van der Waals surface area contributed by atoms with E-state index in [9.17, 15) is 19.5 Å². The lowest BCUT2D eigenvalue weighted by molar-refractivity contribution is -0.141. The van der Waals surface area contributed by atoms with Gasteiger partial charge < -0.3 is 14.8 Å². The number of amides is 1. The van der Waals surface area contributed by atoms with Crippen molar-refractivity contribution in [3.8, 4) is 0 Å². The van der Waals surface area contributed by atoms with Gasteiger partial charge in [-0.25, -0.2) is 4.79 Å². The first kappa shape index (κ1) is 17.2. The topological polar surface area (TPSA) is 96.6 Å². The van der Waals surface area contributed by atoms with E-state index in [1.54, 1.807) is 54.6 Å². The molecule has 3 rings (SSSR count). The van der Waals surface area contributed by atoms with E-state index in [4.69, 9.17) is 4.42 Å². The van der Waals surface area contributed by atoms with Gasteiger partial charge in [0.15, 0.2) is 11.5 Å². The fraction of sp³-hybridized carbons (Fsp3) is 0.0500. The second-order valence-corrected chi connectivity index (χ2v) is 5.54. The quantitative estimate of drug-likeness (QED) is 0.691. The summed E-state index contributed by atoms with van der Waals surface area (Å²) in [7, 11) is 0. The van der Waals surface area contributed by atoms with Crippen molar-refractivity contribution >= 4 is 28.9 Å². The molecule has 0 fully saturated rings. The van der Waals surface area contributed by atoms with E-state index in [1.165, 1.54) is 12.3 Å². The Balaban J connectivity index is 1.80. The van der Waals surface area contributed by atoms with Crippen LogP contribution in [-0.4, -0.2) is 17.0 Å². The van der Waals surface area contributed by atoms with E-state index >= 15 is 0 Å². The lowest BCUT2D eigenvalue weighted by Crippen LogP contribution is -2.32. The molecule has 6 heteroatoms. The van der Waals surface area contributed by atoms with Crippen molar-refractivity contribution in [2.45, 2.75) is 6.04 Å². The third-order valence-electron chi connectivity index (χ3n) is 3.79. The van der Waals surface area contributed by atoms with E-state index in [2.05, 4.69) is 5.32 Å². The zero-order valence-electron chi connectivity index (χ0n) is 13.6. The number of carboxylic acids is 1. The van der Waals surface area contributed by atoms with Gasteiger partial charge >= 0.3 is 5.97 Å². The number of nitrogens with one attached hydrogen (secondary N) is 1. The summed E-state index contributed by atoms with van der Waals surface area (Å²) in [6.45, 7) is 0. The normalized spacial score (nSPS) is 12.2. The van der Waals surface area contributed by atoms with E-state index < -0.39 is 17.9 Å². The highest BCUT2D eigenvalue weighted by Gasteiger charge is 2.20. The molecule has 1 aromatic heterocycles. The van der Waals surface area contributed by atoms with Crippen LogP contribution >= 0.6 is 0 Å². The average Bonchev–Trinajstić information content (AvgIpc) is 2.66. The van der Waals surface area contributed by atoms with Crippen LogP contribution in [0.25, 0.3) is 17.0 Å². The minimum atomic E-state index is -1.18. The van der Waals surface area contributed by atoms with Crippen molar-refractivity contribution < 1.29 is 19.1 Å². The van der Waals surface area contributed by atoms with Crippen molar-refractivity contribution in [3.05, 3.63) is 88.3 Å². The first-order chi connectivity index (χ1) is 12.6. The maximum absolute atomic E-state index is 12.4. The van der Waals surface area contributed by atoms with Gasteiger partial charge in [0.1, 0.15) is 11.8 Å². The summed E-state index contributed by atoms with van der Waals surface area (Å²) in [6, 6.07) is 14.0. The van der Waals surface area contributed by atoms with Gasteiger partial charge in [-0.15, -0.1) is 0 Å². The number of aliphatic carboxylic acids is 1. The van der Waals surface area contributed by atoms with Crippen LogP contribution in [-0.2, 0) is 9.59 Å². The van der Waals surface area contributed by atoms with Gasteiger partial charge in [0.2, 0.25) is 5.91 Å². The molecule has 0 spiro atoms. The Morgan fingerprint density at radius 1 is 1.04 bits per heavy atom. The first-order valence-corrected chi connectivity index (χ1v) is 7.83. The van der Waals surface area contributed by atoms with E-state index in [0.29, 0.717) is 16.5 Å². The summed E-state index contributed by atoms with van der Waals surface area (Å²) in [6.07, 6.45) is 3.68. The fourth-order valence-electron chi connectivity index (χ4n) is 2.50. The zero-order chi connectivity index (χ0) is 18.5. The van der Waals surface area contributed by atoms with Gasteiger partial charge in [-0.3, -0.25) is 9.59 Å². The van der Waals surface area contributed by atoms with Gasteiger partial charge in [-0.05, 0) is 23.8 Å². The van der Waals surface area contributed by atoms with Gasteiger partial charge in [0, 0.05) is 6.08 Å². The standard InChI is InChI=1S/C20H15NO5/c22-17(21-18(20(24)25)13-6-2-1-3-7-13)11-10-14-12-26-16-9-5-4-8-15(16)19(14)23/h1-12,18H,(H,21,22)(H,24,25)/b11-10+. The molecule has 3 aromatic rings. The number of rotatable bonds is 5. The summed E-state index contributed by atoms with van der Waals surface area (Å²) < 4.78 is 5.37. The Labute approximate surface area is 148 Å². The summed E-state index contributed by atoms with van der Waals surface area (Å²) >= 11 is 0. The van der Waals surface area contributed by atoms with Gasteiger partial charge in [0.05, 0.1) is 10.9 Å². The van der Waals surface area contributed by atoms with E-state index in [1.807, 2.05) is 0 Å². The number of para-hydroxylation sites is 1. The molecule has 0 aliphatic carbocycles. The number of fused-ring (bicyclic) bond motifs is 1. The second kappa shape index (κ2) is 7.48. The molecule has 0 saturated carbocycles. The molecule has 0 saturated heterocycles. The molecule has 1 amide bonds. The van der Waals surface area contributed by atoms with Crippen molar-refractivity contribution in [3.63, 3.8) is 0 Å². The van der Waals surface area contributed by atoms with E-state index in [0.717, 1.165) is 6.08 Å². The molecule has 0 bridgehead atoms. The number of carbonyl (C=O) groups excluding carboxylic acids is 1. The lowest BCUT2D eigenvalue weighted by Gasteiger charge is -2.13. The third-order valence-corrected chi connectivity index (χ3v) is 3.79. The maximum Gasteiger partial charge on any atom is 0.330 e.